The molecule has 0 aromatic carbocycles. The molecule has 0 spiro atoms. The van der Waals surface area contributed by atoms with Gasteiger partial charge in [-0.25, -0.2) is 0 Å². The fraction of sp³-hybridized carbons (Fsp3) is 0.609. The standard InChI is InChI=1S/C23H32N2O2S/c1-27-22-12-6-5-11-19(22)17-9-3-4-10-18(17)20-14-21(20)23(26)25-13-7-8-16(15-25)24-28-2/h5-6,9-12,16,19-22,24H,3-4,7-8,13-15H2,1-2H3. The van der Waals surface area contributed by atoms with Crippen LogP contribution >= 0.6 is 11.9 Å². The first-order valence-electron chi connectivity index (χ1n) is 10.6. The minimum absolute atomic E-state index is 0.0890. The lowest BCUT2D eigenvalue weighted by molar-refractivity contribution is -0.134. The van der Waals surface area contributed by atoms with Crippen molar-refractivity contribution in [2.24, 2.45) is 17.8 Å². The van der Waals surface area contributed by atoms with E-state index < -0.39 is 0 Å². The maximum absolute atomic E-state index is 13.2. The Bertz CT molecular complexity index is 709. The molecule has 28 heavy (non-hydrogen) atoms. The lowest BCUT2D eigenvalue weighted by Gasteiger charge is -2.33. The first-order chi connectivity index (χ1) is 13.7. The Morgan fingerprint density at radius 3 is 2.79 bits per heavy atom. The number of piperidine rings is 1. The van der Waals surface area contributed by atoms with E-state index in [2.05, 4.69) is 52.3 Å². The summed E-state index contributed by atoms with van der Waals surface area (Å²) in [5.74, 6) is 1.20. The van der Waals surface area contributed by atoms with Crippen LogP contribution in [-0.4, -0.2) is 49.4 Å². The summed E-state index contributed by atoms with van der Waals surface area (Å²) in [7, 11) is 1.78. The zero-order valence-corrected chi connectivity index (χ0v) is 17.8. The zero-order chi connectivity index (χ0) is 19.5. The Morgan fingerprint density at radius 2 is 2.00 bits per heavy atom. The van der Waals surface area contributed by atoms with E-state index >= 15 is 0 Å². The molecule has 1 heterocycles. The van der Waals surface area contributed by atoms with E-state index in [-0.39, 0.29) is 17.9 Å². The van der Waals surface area contributed by atoms with E-state index in [1.54, 1.807) is 19.1 Å². The topological polar surface area (TPSA) is 41.6 Å². The number of rotatable bonds is 6. The van der Waals surface area contributed by atoms with Gasteiger partial charge in [-0.05, 0) is 55.4 Å². The summed E-state index contributed by atoms with van der Waals surface area (Å²) in [6.45, 7) is 1.77. The van der Waals surface area contributed by atoms with E-state index in [0.29, 0.717) is 17.9 Å². The minimum atomic E-state index is 0.0890. The van der Waals surface area contributed by atoms with E-state index in [4.69, 9.17) is 4.74 Å². The third kappa shape index (κ3) is 4.17. The van der Waals surface area contributed by atoms with Gasteiger partial charge in [0.2, 0.25) is 5.91 Å². The lowest BCUT2D eigenvalue weighted by atomic mass is 9.80. The average molecular weight is 401 g/mol. The van der Waals surface area contributed by atoms with Gasteiger partial charge in [-0.2, -0.15) is 0 Å². The van der Waals surface area contributed by atoms with Gasteiger partial charge < -0.3 is 9.64 Å². The van der Waals surface area contributed by atoms with Crippen LogP contribution in [0.25, 0.3) is 0 Å². The smallest absolute Gasteiger partial charge is 0.226 e. The Kier molecular flexibility index (Phi) is 6.44. The summed E-state index contributed by atoms with van der Waals surface area (Å²) in [5.41, 5.74) is 2.80. The van der Waals surface area contributed by atoms with Gasteiger partial charge in [0.05, 0.1) is 6.10 Å². The van der Waals surface area contributed by atoms with Crippen LogP contribution in [0.2, 0.25) is 0 Å². The Hall–Kier alpha value is -1.30. The van der Waals surface area contributed by atoms with Gasteiger partial charge in [-0.1, -0.05) is 48.4 Å². The number of nitrogens with one attached hydrogen (secondary N) is 1. The quantitative estimate of drug-likeness (QED) is 0.687. The van der Waals surface area contributed by atoms with Gasteiger partial charge in [0.15, 0.2) is 0 Å². The molecule has 0 aromatic heterocycles. The highest BCUT2D eigenvalue weighted by Gasteiger charge is 2.49. The monoisotopic (exact) mass is 400 g/mol. The first-order valence-corrected chi connectivity index (χ1v) is 11.8. The average Bonchev–Trinajstić information content (AvgIpc) is 3.54. The molecule has 1 saturated heterocycles. The molecule has 1 N–H and O–H groups in total. The minimum Gasteiger partial charge on any atom is -0.376 e. The Labute approximate surface area is 173 Å². The second-order valence-corrected chi connectivity index (χ2v) is 8.93. The zero-order valence-electron chi connectivity index (χ0n) is 17.0. The van der Waals surface area contributed by atoms with Crippen molar-refractivity contribution in [3.05, 3.63) is 47.6 Å². The van der Waals surface area contributed by atoms with Crippen molar-refractivity contribution in [3.8, 4) is 0 Å². The van der Waals surface area contributed by atoms with Crippen LogP contribution in [-0.2, 0) is 9.53 Å². The van der Waals surface area contributed by atoms with Crippen LogP contribution in [0.3, 0.4) is 0 Å². The first kappa shape index (κ1) is 20.0. The molecule has 2 fully saturated rings. The fourth-order valence-corrected chi connectivity index (χ4v) is 5.51. The predicted molar refractivity (Wildman–Crippen MR) is 116 cm³/mol. The van der Waals surface area contributed by atoms with Crippen LogP contribution in [0.5, 0.6) is 0 Å². The van der Waals surface area contributed by atoms with Crippen LogP contribution in [0, 0.1) is 17.8 Å². The highest BCUT2D eigenvalue weighted by Crippen LogP contribution is 2.51. The summed E-state index contributed by atoms with van der Waals surface area (Å²) in [5, 5.41) is 0. The van der Waals surface area contributed by atoms with Crippen LogP contribution in [0.4, 0.5) is 0 Å². The van der Waals surface area contributed by atoms with Crippen LogP contribution in [0.15, 0.2) is 47.6 Å². The van der Waals surface area contributed by atoms with E-state index in [0.717, 1.165) is 45.2 Å². The maximum Gasteiger partial charge on any atom is 0.226 e. The molecular weight excluding hydrogens is 368 g/mol. The number of methoxy groups -OCH3 is 1. The molecule has 4 nitrogen and oxygen atoms in total. The summed E-state index contributed by atoms with van der Waals surface area (Å²) in [6, 6.07) is 0.427. The molecular formula is C23H32N2O2S. The van der Waals surface area contributed by atoms with Gasteiger partial charge in [-0.15, -0.1) is 0 Å². The lowest BCUT2D eigenvalue weighted by Crippen LogP contribution is -2.47. The Morgan fingerprint density at radius 1 is 1.21 bits per heavy atom. The molecule has 0 bridgehead atoms. The number of ether oxygens (including phenoxy) is 1. The van der Waals surface area contributed by atoms with Crippen LogP contribution in [0.1, 0.15) is 32.1 Å². The normalized spacial score (nSPS) is 34.8. The number of carbonyl (C=O) groups excluding carboxylic acids is 1. The highest BCUT2D eigenvalue weighted by molar-refractivity contribution is 7.96. The van der Waals surface area contributed by atoms with Gasteiger partial charge in [0.1, 0.15) is 0 Å². The molecule has 1 amide bonds. The molecule has 152 valence electrons. The maximum atomic E-state index is 13.2. The highest BCUT2D eigenvalue weighted by atomic mass is 32.2. The van der Waals surface area contributed by atoms with Crippen molar-refractivity contribution in [2.75, 3.05) is 26.5 Å². The number of allylic oxidation sites excluding steroid dienone is 5. The largest absolute Gasteiger partial charge is 0.376 e. The molecule has 5 unspecified atom stereocenters. The second kappa shape index (κ2) is 9.02. The molecule has 5 heteroatoms. The SMILES string of the molecule is COC1C=CC=CC1C1=CCCC=C1C1CC1C(=O)N1CCCC(NSC)C1. The molecule has 0 radical (unpaired) electrons. The van der Waals surface area contributed by atoms with Gasteiger partial charge in [0, 0.05) is 38.1 Å². The number of nitrogens with zero attached hydrogens (tertiary/aromatic N) is 1. The van der Waals surface area contributed by atoms with E-state index in [1.807, 2.05) is 0 Å². The number of likely N-dealkylation sites (tertiary alicyclic amines) is 1. The van der Waals surface area contributed by atoms with Gasteiger partial charge in [-0.3, -0.25) is 9.52 Å². The molecule has 3 aliphatic carbocycles. The molecule has 5 atom stereocenters. The van der Waals surface area contributed by atoms with Crippen molar-refractivity contribution < 1.29 is 9.53 Å². The third-order valence-corrected chi connectivity index (χ3v) is 7.04. The molecule has 1 saturated carbocycles. The summed E-state index contributed by atoms with van der Waals surface area (Å²) in [6.07, 6.45) is 20.9. The molecule has 4 aliphatic rings. The number of hydrogen-bond donors (Lipinski definition) is 1. The van der Waals surface area contributed by atoms with Crippen molar-refractivity contribution in [1.29, 1.82) is 0 Å². The third-order valence-electron chi connectivity index (χ3n) is 6.47. The van der Waals surface area contributed by atoms with Crippen molar-refractivity contribution in [2.45, 2.75) is 44.2 Å². The molecule has 1 aliphatic heterocycles. The summed E-state index contributed by atoms with van der Waals surface area (Å²) in [4.78, 5) is 15.3. The van der Waals surface area contributed by atoms with Crippen molar-refractivity contribution >= 4 is 17.9 Å². The van der Waals surface area contributed by atoms with E-state index in [9.17, 15) is 4.79 Å². The summed E-state index contributed by atoms with van der Waals surface area (Å²) >= 11 is 1.66. The number of carbonyl (C=O) groups is 1. The van der Waals surface area contributed by atoms with Crippen molar-refractivity contribution in [3.63, 3.8) is 0 Å². The van der Waals surface area contributed by atoms with Gasteiger partial charge >= 0.3 is 0 Å². The second-order valence-electron chi connectivity index (χ2n) is 8.29. The molecule has 0 aromatic rings. The Balaban J connectivity index is 1.43. The fourth-order valence-electron chi connectivity index (χ4n) is 4.99. The van der Waals surface area contributed by atoms with Crippen molar-refractivity contribution in [1.82, 2.24) is 9.62 Å². The van der Waals surface area contributed by atoms with E-state index in [1.165, 1.54) is 11.1 Å². The van der Waals surface area contributed by atoms with Gasteiger partial charge in [0.25, 0.3) is 0 Å². The molecule has 4 rings (SSSR count). The van der Waals surface area contributed by atoms with Crippen LogP contribution < -0.4 is 4.72 Å². The number of amides is 1. The number of hydrogen-bond acceptors (Lipinski definition) is 4. The summed E-state index contributed by atoms with van der Waals surface area (Å²) < 4.78 is 9.16. The predicted octanol–water partition coefficient (Wildman–Crippen LogP) is 3.88.